The van der Waals surface area contributed by atoms with E-state index in [1.54, 1.807) is 13.0 Å². The summed E-state index contributed by atoms with van der Waals surface area (Å²) in [6.07, 6.45) is 7.33. The molecule has 1 aliphatic carbocycles. The number of hydrogen-bond acceptors (Lipinski definition) is 4. The molecule has 1 heterocycles. The molecule has 0 unspecified atom stereocenters. The minimum Gasteiger partial charge on any atom is -0.355 e. The van der Waals surface area contributed by atoms with Gasteiger partial charge in [0.05, 0.1) is 5.25 Å². The van der Waals surface area contributed by atoms with E-state index >= 15 is 0 Å². The molecule has 1 fully saturated rings. The Morgan fingerprint density at radius 1 is 1.36 bits per heavy atom. The van der Waals surface area contributed by atoms with E-state index < -0.39 is 20.8 Å². The van der Waals surface area contributed by atoms with Crippen LogP contribution in [0, 0.1) is 5.92 Å². The summed E-state index contributed by atoms with van der Waals surface area (Å²) < 4.78 is 24.5. The SMILES string of the molecule is C[C@H](c1cccs1)S(=O)(=O)CC(=O)NCCC1CCCCC1. The van der Waals surface area contributed by atoms with Crippen LogP contribution in [0.5, 0.6) is 0 Å². The smallest absolute Gasteiger partial charge is 0.235 e. The number of carbonyl (C=O) groups is 1. The number of sulfone groups is 1. The van der Waals surface area contributed by atoms with Gasteiger partial charge < -0.3 is 5.32 Å². The van der Waals surface area contributed by atoms with E-state index in [1.165, 1.54) is 43.4 Å². The van der Waals surface area contributed by atoms with Crippen molar-refractivity contribution in [3.63, 3.8) is 0 Å². The zero-order valence-corrected chi connectivity index (χ0v) is 14.7. The molecular formula is C16H25NO3S2. The second-order valence-corrected chi connectivity index (χ2v) is 9.41. The Morgan fingerprint density at radius 3 is 2.73 bits per heavy atom. The van der Waals surface area contributed by atoms with Gasteiger partial charge in [-0.25, -0.2) is 8.42 Å². The molecule has 22 heavy (non-hydrogen) atoms. The fourth-order valence-corrected chi connectivity index (χ4v) is 5.37. The fourth-order valence-electron chi connectivity index (χ4n) is 2.95. The molecule has 124 valence electrons. The van der Waals surface area contributed by atoms with Crippen molar-refractivity contribution in [1.29, 1.82) is 0 Å². The molecule has 1 aromatic rings. The van der Waals surface area contributed by atoms with Crippen molar-refractivity contribution in [2.24, 2.45) is 5.92 Å². The van der Waals surface area contributed by atoms with Crippen LogP contribution in [0.3, 0.4) is 0 Å². The van der Waals surface area contributed by atoms with Crippen LogP contribution in [0.4, 0.5) is 0 Å². The molecule has 1 N–H and O–H groups in total. The van der Waals surface area contributed by atoms with Crippen LogP contribution in [0.15, 0.2) is 17.5 Å². The Kier molecular flexibility index (Phi) is 6.44. The van der Waals surface area contributed by atoms with Gasteiger partial charge in [0.15, 0.2) is 9.84 Å². The summed E-state index contributed by atoms with van der Waals surface area (Å²) in [5, 5.41) is 4.01. The molecule has 4 nitrogen and oxygen atoms in total. The molecule has 0 aliphatic heterocycles. The first-order chi connectivity index (χ1) is 10.5. The molecule has 0 aromatic carbocycles. The van der Waals surface area contributed by atoms with E-state index in [0.717, 1.165) is 11.3 Å². The van der Waals surface area contributed by atoms with E-state index in [1.807, 2.05) is 11.4 Å². The Hall–Kier alpha value is -0.880. The lowest BCUT2D eigenvalue weighted by Crippen LogP contribution is -2.33. The summed E-state index contributed by atoms with van der Waals surface area (Å²) >= 11 is 1.41. The van der Waals surface area contributed by atoms with E-state index in [9.17, 15) is 13.2 Å². The standard InChI is InChI=1S/C16H25NO3S2/c1-13(15-8-5-11-21-15)22(19,20)12-16(18)17-10-9-14-6-3-2-4-7-14/h5,8,11,13-14H,2-4,6-7,9-10,12H2,1H3,(H,17,18)/t13-/m1/s1. The van der Waals surface area contributed by atoms with Gasteiger partial charge in [0.2, 0.25) is 5.91 Å². The normalized spacial score (nSPS) is 18.0. The number of amides is 1. The van der Waals surface area contributed by atoms with Crippen molar-refractivity contribution < 1.29 is 13.2 Å². The van der Waals surface area contributed by atoms with Crippen molar-refractivity contribution in [3.05, 3.63) is 22.4 Å². The Labute approximate surface area is 137 Å². The maximum atomic E-state index is 12.3. The first-order valence-electron chi connectivity index (χ1n) is 8.00. The zero-order chi connectivity index (χ0) is 16.0. The lowest BCUT2D eigenvalue weighted by Gasteiger charge is -2.21. The van der Waals surface area contributed by atoms with Gasteiger partial charge in [-0.05, 0) is 30.7 Å². The molecule has 6 heteroatoms. The molecule has 1 aromatic heterocycles. The molecule has 2 rings (SSSR count). The summed E-state index contributed by atoms with van der Waals surface area (Å²) in [5.74, 6) is -0.105. The van der Waals surface area contributed by atoms with Crippen LogP contribution in [0.25, 0.3) is 0 Å². The van der Waals surface area contributed by atoms with Crippen LogP contribution < -0.4 is 5.32 Å². The average molecular weight is 344 g/mol. The molecule has 0 radical (unpaired) electrons. The molecule has 1 saturated carbocycles. The topological polar surface area (TPSA) is 63.2 Å². The van der Waals surface area contributed by atoms with Crippen molar-refractivity contribution >= 4 is 27.1 Å². The predicted molar refractivity (Wildman–Crippen MR) is 90.7 cm³/mol. The largest absolute Gasteiger partial charge is 0.355 e. The third-order valence-corrected chi connectivity index (χ3v) is 7.61. The quantitative estimate of drug-likeness (QED) is 0.826. The summed E-state index contributed by atoms with van der Waals surface area (Å²) in [4.78, 5) is 12.7. The molecule has 1 amide bonds. The molecule has 0 bridgehead atoms. The Bertz CT molecular complexity index is 560. The highest BCUT2D eigenvalue weighted by atomic mass is 32.2. The predicted octanol–water partition coefficient (Wildman–Crippen LogP) is 3.31. The van der Waals surface area contributed by atoms with Crippen molar-refractivity contribution in [1.82, 2.24) is 5.32 Å². The fraction of sp³-hybridized carbons (Fsp3) is 0.688. The number of thiophene rings is 1. The van der Waals surface area contributed by atoms with E-state index in [0.29, 0.717) is 12.5 Å². The molecule has 1 atom stereocenters. The van der Waals surface area contributed by atoms with Crippen LogP contribution in [-0.2, 0) is 14.6 Å². The van der Waals surface area contributed by atoms with Crippen molar-refractivity contribution in [2.75, 3.05) is 12.3 Å². The summed E-state index contributed by atoms with van der Waals surface area (Å²) in [6.45, 7) is 2.24. The average Bonchev–Trinajstić information content (AvgIpc) is 3.01. The third kappa shape index (κ3) is 5.09. The van der Waals surface area contributed by atoms with Gasteiger partial charge in [0.1, 0.15) is 5.75 Å². The van der Waals surface area contributed by atoms with Crippen LogP contribution in [0.2, 0.25) is 0 Å². The highest BCUT2D eigenvalue weighted by molar-refractivity contribution is 7.92. The second kappa shape index (κ2) is 8.11. The maximum Gasteiger partial charge on any atom is 0.235 e. The zero-order valence-electron chi connectivity index (χ0n) is 13.1. The van der Waals surface area contributed by atoms with Gasteiger partial charge in [-0.2, -0.15) is 0 Å². The van der Waals surface area contributed by atoms with Crippen LogP contribution in [-0.4, -0.2) is 26.6 Å². The van der Waals surface area contributed by atoms with Gasteiger partial charge in [0, 0.05) is 11.4 Å². The van der Waals surface area contributed by atoms with E-state index in [4.69, 9.17) is 0 Å². The maximum absolute atomic E-state index is 12.3. The van der Waals surface area contributed by atoms with Gasteiger partial charge in [-0.3, -0.25) is 4.79 Å². The van der Waals surface area contributed by atoms with E-state index in [2.05, 4.69) is 5.32 Å². The first-order valence-corrected chi connectivity index (χ1v) is 10.6. The monoisotopic (exact) mass is 343 g/mol. The lowest BCUT2D eigenvalue weighted by molar-refractivity contribution is -0.118. The number of rotatable bonds is 7. The number of hydrogen-bond donors (Lipinski definition) is 1. The van der Waals surface area contributed by atoms with Gasteiger partial charge in [-0.15, -0.1) is 11.3 Å². The second-order valence-electron chi connectivity index (χ2n) is 6.11. The van der Waals surface area contributed by atoms with Crippen molar-refractivity contribution in [3.8, 4) is 0 Å². The summed E-state index contributed by atoms with van der Waals surface area (Å²) in [5.41, 5.74) is 0. The summed E-state index contributed by atoms with van der Waals surface area (Å²) in [6, 6.07) is 3.63. The van der Waals surface area contributed by atoms with Crippen LogP contribution >= 0.6 is 11.3 Å². The first kappa shape index (κ1) is 17.5. The van der Waals surface area contributed by atoms with Crippen molar-refractivity contribution in [2.45, 2.75) is 50.7 Å². The van der Waals surface area contributed by atoms with E-state index in [-0.39, 0.29) is 5.91 Å². The molecule has 0 spiro atoms. The molecule has 1 aliphatic rings. The molecule has 0 saturated heterocycles. The number of nitrogens with one attached hydrogen (secondary N) is 1. The minimum atomic E-state index is -3.44. The molecular weight excluding hydrogens is 318 g/mol. The van der Waals surface area contributed by atoms with Gasteiger partial charge in [-0.1, -0.05) is 38.2 Å². The third-order valence-electron chi connectivity index (χ3n) is 4.41. The Balaban J connectivity index is 1.75. The highest BCUT2D eigenvalue weighted by Gasteiger charge is 2.26. The number of carbonyl (C=O) groups excluding carboxylic acids is 1. The lowest BCUT2D eigenvalue weighted by atomic mass is 9.87. The summed E-state index contributed by atoms with van der Waals surface area (Å²) in [7, 11) is -3.44. The van der Waals surface area contributed by atoms with Gasteiger partial charge in [0.25, 0.3) is 0 Å². The van der Waals surface area contributed by atoms with Crippen LogP contribution in [0.1, 0.15) is 55.6 Å². The minimum absolute atomic E-state index is 0.376. The highest BCUT2D eigenvalue weighted by Crippen LogP contribution is 2.27. The Morgan fingerprint density at radius 2 is 2.09 bits per heavy atom. The van der Waals surface area contributed by atoms with Gasteiger partial charge >= 0.3 is 0 Å².